The minimum Gasteiger partial charge on any atom is -0.493 e. The predicted molar refractivity (Wildman–Crippen MR) is 163 cm³/mol. The molecule has 3 N–H and O–H groups in total. The van der Waals surface area contributed by atoms with Crippen LogP contribution in [-0.4, -0.2) is 66.0 Å². The maximum absolute atomic E-state index is 15.5. The molecule has 0 aliphatic heterocycles. The van der Waals surface area contributed by atoms with Crippen LogP contribution in [0.4, 0.5) is 8.78 Å². The molecule has 236 valence electrons. The fraction of sp³-hybridized carbons (Fsp3) is 0.345. The van der Waals surface area contributed by atoms with Crippen LogP contribution in [0.5, 0.6) is 23.0 Å². The number of carboxylic acids is 1. The van der Waals surface area contributed by atoms with E-state index in [1.54, 1.807) is 0 Å². The minimum atomic E-state index is -2.43. The number of hydrogen-bond donors (Lipinski definition) is 3. The summed E-state index contributed by atoms with van der Waals surface area (Å²) in [5, 5.41) is 9.58. The number of hydrogen-bond acceptors (Lipinski definition) is 11. The van der Waals surface area contributed by atoms with Crippen LogP contribution in [0.15, 0.2) is 24.3 Å². The average Bonchev–Trinajstić information content (AvgIpc) is 3.59. The smallest absolute Gasteiger partial charge is 0.309 e. The number of aliphatic carboxylic acids is 1. The van der Waals surface area contributed by atoms with E-state index in [1.807, 2.05) is 0 Å². The Kier molecular flexibility index (Phi) is 10.4. The van der Waals surface area contributed by atoms with Crippen LogP contribution in [0.25, 0.3) is 20.2 Å². The van der Waals surface area contributed by atoms with Crippen molar-refractivity contribution in [2.45, 2.75) is 26.7 Å². The van der Waals surface area contributed by atoms with Gasteiger partial charge in [-0.25, -0.2) is 8.78 Å². The van der Waals surface area contributed by atoms with Crippen LogP contribution in [-0.2, 0) is 4.79 Å². The van der Waals surface area contributed by atoms with E-state index in [-0.39, 0.29) is 69.6 Å². The summed E-state index contributed by atoms with van der Waals surface area (Å²) in [4.78, 5) is 55.0. The second kappa shape index (κ2) is 13.7. The summed E-state index contributed by atoms with van der Waals surface area (Å²) >= 11 is 2.02. The molecule has 15 heteroatoms. The molecule has 4 aromatic rings. The van der Waals surface area contributed by atoms with Crippen LogP contribution in [0, 0.1) is 17.0 Å². The van der Waals surface area contributed by atoms with Gasteiger partial charge < -0.3 is 33.8 Å². The topological polar surface area (TPSA) is 149 Å². The molecule has 0 saturated carbocycles. The van der Waals surface area contributed by atoms with Crippen molar-refractivity contribution in [3.05, 3.63) is 45.7 Å². The Labute approximate surface area is 259 Å². The van der Waals surface area contributed by atoms with Crippen molar-refractivity contribution in [1.29, 1.82) is 0 Å². The van der Waals surface area contributed by atoms with Gasteiger partial charge in [0, 0.05) is 45.1 Å². The van der Waals surface area contributed by atoms with Crippen LogP contribution < -0.4 is 18.9 Å². The molecule has 2 heterocycles. The Hall–Kier alpha value is -3.42. The highest BCUT2D eigenvalue weighted by Gasteiger charge is 2.31. The van der Waals surface area contributed by atoms with Crippen LogP contribution in [0.2, 0.25) is 0 Å². The summed E-state index contributed by atoms with van der Waals surface area (Å²) in [7, 11) is 0.249. The number of ketones is 2. The van der Waals surface area contributed by atoms with Crippen molar-refractivity contribution in [3.63, 3.8) is 0 Å². The molecule has 2 aromatic heterocycles. The van der Waals surface area contributed by atoms with E-state index >= 15 is 8.78 Å². The van der Waals surface area contributed by atoms with E-state index in [2.05, 4.69) is 0 Å². The number of ether oxygens (including phenoxy) is 4. The lowest BCUT2D eigenvalue weighted by Crippen LogP contribution is -2.26. The van der Waals surface area contributed by atoms with Crippen molar-refractivity contribution in [1.82, 2.24) is 0 Å². The number of carboxylic acid groups (broad SMARTS) is 1. The lowest BCUT2D eigenvalue weighted by Gasteiger charge is -2.16. The number of fused-ring (bicyclic) bond motifs is 2. The maximum Gasteiger partial charge on any atom is 0.309 e. The molecule has 0 bridgehead atoms. The third-order valence-electron chi connectivity index (χ3n) is 6.60. The molecule has 2 aromatic carbocycles. The van der Waals surface area contributed by atoms with E-state index < -0.39 is 49.1 Å². The first-order valence-electron chi connectivity index (χ1n) is 13.1. The average molecular weight is 671 g/mol. The minimum absolute atomic E-state index is 0.0450. The normalized spacial score (nSPS) is 11.8. The van der Waals surface area contributed by atoms with Gasteiger partial charge in [-0.3, -0.25) is 14.4 Å². The summed E-state index contributed by atoms with van der Waals surface area (Å²) < 4.78 is 53.6. The number of carbonyl (C=O) groups is 3. The van der Waals surface area contributed by atoms with Crippen molar-refractivity contribution in [2.24, 2.45) is 5.41 Å². The number of methoxy groups -OCH3 is 2. The van der Waals surface area contributed by atoms with Gasteiger partial charge in [-0.05, 0) is 26.0 Å². The predicted octanol–water partition coefficient (Wildman–Crippen LogP) is 6.42. The Morgan fingerprint density at radius 2 is 1.27 bits per heavy atom. The largest absolute Gasteiger partial charge is 0.493 e. The molecular weight excluding hydrogens is 641 g/mol. The van der Waals surface area contributed by atoms with Crippen molar-refractivity contribution in [3.8, 4) is 23.0 Å². The third-order valence-corrected chi connectivity index (χ3v) is 9.42. The van der Waals surface area contributed by atoms with E-state index in [0.29, 0.717) is 9.40 Å². The highest BCUT2D eigenvalue weighted by Crippen LogP contribution is 2.42. The first-order chi connectivity index (χ1) is 20.8. The van der Waals surface area contributed by atoms with Crippen LogP contribution in [0.1, 0.15) is 46.0 Å². The molecule has 0 aliphatic carbocycles. The van der Waals surface area contributed by atoms with Gasteiger partial charge in [0.1, 0.15) is 0 Å². The molecule has 0 radical (unpaired) electrons. The molecule has 0 atom stereocenters. The van der Waals surface area contributed by atoms with Gasteiger partial charge >= 0.3 is 5.97 Å². The van der Waals surface area contributed by atoms with Gasteiger partial charge in [-0.15, -0.1) is 22.7 Å². The Bertz CT molecular complexity index is 1730. The van der Waals surface area contributed by atoms with Gasteiger partial charge in [0.25, 0.3) is 0 Å². The number of Topliss-reactive ketones (excluding diaryl/α,β-unsaturated/α-hetero) is 2. The molecule has 0 saturated heterocycles. The summed E-state index contributed by atoms with van der Waals surface area (Å²) in [5.74, 6) is -3.74. The zero-order chi connectivity index (χ0) is 32.3. The third kappa shape index (κ3) is 7.10. The Balaban J connectivity index is 1.45. The zero-order valence-corrected chi connectivity index (χ0v) is 26.6. The van der Waals surface area contributed by atoms with E-state index in [0.717, 1.165) is 22.7 Å². The quantitative estimate of drug-likeness (QED) is 0.0735. The van der Waals surface area contributed by atoms with Crippen molar-refractivity contribution >= 4 is 68.8 Å². The molecular formula is C29H29F2O10PS2. The number of halogens is 2. The molecule has 0 fully saturated rings. The van der Waals surface area contributed by atoms with Crippen molar-refractivity contribution in [2.75, 3.05) is 33.6 Å². The van der Waals surface area contributed by atoms with E-state index in [1.165, 1.54) is 52.3 Å². The number of benzene rings is 2. The summed E-state index contributed by atoms with van der Waals surface area (Å²) in [6.07, 6.45) is -0.516. The second-order valence-electron chi connectivity index (χ2n) is 10.3. The lowest BCUT2D eigenvalue weighted by molar-refractivity contribution is -0.146. The highest BCUT2D eigenvalue weighted by molar-refractivity contribution is 7.46. The standard InChI is InChI=1S/C29H29F2O10PS2/c1-29(2,28(34)35)12-16(32)22-8-14-20(43-22)10-18(38-3)26(24(14)30)40-6-5-7-41-27-19(39-4)11-21-15(25(27)31)9-23(44-21)17(33)13-42(36)37/h8-11,36-37H,5-7,12-13H2,1-4H3,(H,34,35). The van der Waals surface area contributed by atoms with Crippen molar-refractivity contribution < 1.29 is 57.0 Å². The summed E-state index contributed by atoms with van der Waals surface area (Å²) in [6.45, 7) is 2.79. The fourth-order valence-electron chi connectivity index (χ4n) is 4.22. The van der Waals surface area contributed by atoms with Gasteiger partial charge in [0.2, 0.25) is 0 Å². The van der Waals surface area contributed by atoms with Gasteiger partial charge in [0.05, 0.1) is 48.8 Å². The van der Waals surface area contributed by atoms with E-state index in [4.69, 9.17) is 28.7 Å². The first-order valence-corrected chi connectivity index (χ1v) is 16.1. The van der Waals surface area contributed by atoms with E-state index in [9.17, 15) is 19.5 Å². The Morgan fingerprint density at radius 3 is 1.68 bits per heavy atom. The second-order valence-corrected chi connectivity index (χ2v) is 13.5. The molecule has 0 amide bonds. The zero-order valence-electron chi connectivity index (χ0n) is 24.1. The Morgan fingerprint density at radius 1 is 0.818 bits per heavy atom. The molecule has 4 rings (SSSR count). The van der Waals surface area contributed by atoms with Gasteiger partial charge in [-0.1, -0.05) is 0 Å². The monoisotopic (exact) mass is 670 g/mol. The SMILES string of the molecule is COc1cc2sc(C(=O)CP(O)O)cc2c(F)c1OCCCOc1c(OC)cc2sc(C(=O)CC(C)(C)C(=O)O)cc2c1F. The maximum atomic E-state index is 15.5. The number of carbonyl (C=O) groups excluding carboxylic acids is 2. The molecule has 10 nitrogen and oxygen atoms in total. The first kappa shape index (κ1) is 33.5. The lowest BCUT2D eigenvalue weighted by atomic mass is 9.87. The number of thiophene rings is 2. The fourth-order valence-corrected chi connectivity index (χ4v) is 6.81. The summed E-state index contributed by atoms with van der Waals surface area (Å²) in [6, 6.07) is 5.75. The summed E-state index contributed by atoms with van der Waals surface area (Å²) in [5.41, 5.74) is -1.28. The molecule has 44 heavy (non-hydrogen) atoms. The highest BCUT2D eigenvalue weighted by atomic mass is 32.1. The van der Waals surface area contributed by atoms with Crippen LogP contribution in [0.3, 0.4) is 0 Å². The van der Waals surface area contributed by atoms with Gasteiger partial charge in [0.15, 0.2) is 54.6 Å². The number of rotatable bonds is 15. The molecule has 0 spiro atoms. The van der Waals surface area contributed by atoms with Crippen LogP contribution >= 0.6 is 31.0 Å². The van der Waals surface area contributed by atoms with Gasteiger partial charge in [-0.2, -0.15) is 0 Å². The molecule has 0 aliphatic rings. The molecule has 0 unspecified atom stereocenters.